The van der Waals surface area contributed by atoms with Gasteiger partial charge in [-0.2, -0.15) is 0 Å². The van der Waals surface area contributed by atoms with Crippen molar-refractivity contribution in [1.29, 1.82) is 0 Å². The smallest absolute Gasteiger partial charge is 0.267 e. The van der Waals surface area contributed by atoms with Crippen LogP contribution in [0.15, 0.2) is 66.9 Å². The van der Waals surface area contributed by atoms with Crippen LogP contribution in [0.3, 0.4) is 0 Å². The number of carbonyl (C=O) groups is 1. The Hall–Kier alpha value is -3.18. The van der Waals surface area contributed by atoms with Crippen molar-refractivity contribution in [2.45, 2.75) is 12.8 Å². The summed E-state index contributed by atoms with van der Waals surface area (Å²) in [7, 11) is 0. The molecular weight excluding hydrogens is 314 g/mol. The summed E-state index contributed by atoms with van der Waals surface area (Å²) >= 11 is 0. The van der Waals surface area contributed by atoms with Gasteiger partial charge in [-0.05, 0) is 22.8 Å². The Kier molecular flexibility index (Phi) is 5.39. The lowest BCUT2D eigenvalue weighted by Gasteiger charge is -2.01. The molecule has 5 heteroatoms. The molecule has 0 aliphatic heterocycles. The van der Waals surface area contributed by atoms with Gasteiger partial charge in [0.15, 0.2) is 0 Å². The van der Waals surface area contributed by atoms with Gasteiger partial charge in [0.1, 0.15) is 5.82 Å². The highest BCUT2D eigenvalue weighted by atomic mass is 16.5. The van der Waals surface area contributed by atoms with Crippen LogP contribution >= 0.6 is 0 Å². The van der Waals surface area contributed by atoms with Crippen molar-refractivity contribution in [1.82, 2.24) is 15.4 Å². The van der Waals surface area contributed by atoms with Crippen LogP contribution in [0.5, 0.6) is 0 Å². The van der Waals surface area contributed by atoms with E-state index in [4.69, 9.17) is 5.21 Å². The minimum atomic E-state index is -0.550. The highest BCUT2D eigenvalue weighted by Gasteiger charge is 2.03. The van der Waals surface area contributed by atoms with E-state index in [0.29, 0.717) is 0 Å². The molecule has 126 valence electrons. The number of amides is 1. The first kappa shape index (κ1) is 16.7. The number of imidazole rings is 1. The maximum absolute atomic E-state index is 11.0. The summed E-state index contributed by atoms with van der Waals surface area (Å²) in [6, 6.07) is 18.1. The molecule has 0 aliphatic rings. The van der Waals surface area contributed by atoms with Crippen LogP contribution in [0.1, 0.15) is 28.2 Å². The van der Waals surface area contributed by atoms with Gasteiger partial charge in [0.2, 0.25) is 0 Å². The standard InChI is InChI=1S/C20H19N3O2/c24-20(23-25)11-10-15-6-8-17(9-7-15)13-19-21-14-18(22-19)12-16-4-2-1-3-5-16/h1-11,14,25H,12-13H2,(H,21,22)(H,23,24). The molecule has 25 heavy (non-hydrogen) atoms. The molecule has 0 fully saturated rings. The predicted molar refractivity (Wildman–Crippen MR) is 96.0 cm³/mol. The summed E-state index contributed by atoms with van der Waals surface area (Å²) in [5, 5.41) is 8.45. The average Bonchev–Trinajstić information content (AvgIpc) is 3.08. The van der Waals surface area contributed by atoms with Crippen molar-refractivity contribution < 1.29 is 10.0 Å². The number of carbonyl (C=O) groups excluding carboxylic acids is 1. The van der Waals surface area contributed by atoms with Gasteiger partial charge in [-0.3, -0.25) is 10.0 Å². The van der Waals surface area contributed by atoms with Crippen LogP contribution in [0.2, 0.25) is 0 Å². The molecule has 0 radical (unpaired) electrons. The number of benzene rings is 2. The molecule has 3 N–H and O–H groups in total. The maximum Gasteiger partial charge on any atom is 0.267 e. The highest BCUT2D eigenvalue weighted by molar-refractivity contribution is 5.90. The van der Waals surface area contributed by atoms with Gasteiger partial charge in [0, 0.05) is 30.8 Å². The zero-order valence-electron chi connectivity index (χ0n) is 13.6. The molecule has 0 aliphatic carbocycles. The number of hydroxylamine groups is 1. The first-order valence-corrected chi connectivity index (χ1v) is 8.01. The minimum Gasteiger partial charge on any atom is -0.345 e. The third-order valence-corrected chi connectivity index (χ3v) is 3.81. The molecule has 3 aromatic rings. The number of aromatic amines is 1. The molecule has 0 saturated carbocycles. The molecule has 0 bridgehead atoms. The van der Waals surface area contributed by atoms with Crippen LogP contribution in [0, 0.1) is 0 Å². The van der Waals surface area contributed by atoms with Gasteiger partial charge in [-0.25, -0.2) is 10.5 Å². The van der Waals surface area contributed by atoms with Gasteiger partial charge < -0.3 is 4.98 Å². The van der Waals surface area contributed by atoms with E-state index in [1.54, 1.807) is 11.6 Å². The number of aromatic nitrogens is 2. The number of hydrogen-bond acceptors (Lipinski definition) is 3. The second-order valence-corrected chi connectivity index (χ2v) is 5.75. The molecule has 2 aromatic carbocycles. The number of nitrogens with one attached hydrogen (secondary N) is 2. The van der Waals surface area contributed by atoms with E-state index in [9.17, 15) is 4.79 Å². The fraction of sp³-hybridized carbons (Fsp3) is 0.100. The molecular formula is C20H19N3O2. The summed E-state index contributed by atoms with van der Waals surface area (Å²) < 4.78 is 0. The van der Waals surface area contributed by atoms with Crippen LogP contribution < -0.4 is 5.48 Å². The van der Waals surface area contributed by atoms with Gasteiger partial charge in [-0.15, -0.1) is 0 Å². The Morgan fingerprint density at radius 2 is 1.76 bits per heavy atom. The summed E-state index contributed by atoms with van der Waals surface area (Å²) in [5.74, 6) is 0.375. The summed E-state index contributed by atoms with van der Waals surface area (Å²) in [5.41, 5.74) is 5.92. The quantitative estimate of drug-likeness (QED) is 0.368. The Morgan fingerprint density at radius 3 is 2.48 bits per heavy atom. The monoisotopic (exact) mass is 333 g/mol. The summed E-state index contributed by atoms with van der Waals surface area (Å²) in [4.78, 5) is 18.8. The van der Waals surface area contributed by atoms with E-state index in [2.05, 4.69) is 22.1 Å². The molecule has 0 atom stereocenters. The third kappa shape index (κ3) is 4.89. The van der Waals surface area contributed by atoms with E-state index in [1.807, 2.05) is 48.7 Å². The number of nitrogens with zero attached hydrogens (tertiary/aromatic N) is 1. The molecule has 1 aromatic heterocycles. The van der Waals surface area contributed by atoms with Crippen molar-refractivity contribution >= 4 is 12.0 Å². The Bertz CT molecular complexity index is 852. The normalized spacial score (nSPS) is 10.9. The Labute approximate surface area is 146 Å². The molecule has 3 rings (SSSR count). The third-order valence-electron chi connectivity index (χ3n) is 3.81. The Balaban J connectivity index is 1.61. The first-order chi connectivity index (χ1) is 12.2. The van der Waals surface area contributed by atoms with E-state index >= 15 is 0 Å². The average molecular weight is 333 g/mol. The molecule has 0 saturated heterocycles. The van der Waals surface area contributed by atoms with Crippen molar-refractivity contribution in [3.8, 4) is 0 Å². The lowest BCUT2D eigenvalue weighted by atomic mass is 10.1. The largest absolute Gasteiger partial charge is 0.345 e. The number of hydrogen-bond donors (Lipinski definition) is 3. The van der Waals surface area contributed by atoms with Crippen molar-refractivity contribution in [2.24, 2.45) is 0 Å². The lowest BCUT2D eigenvalue weighted by Crippen LogP contribution is -2.14. The zero-order valence-corrected chi connectivity index (χ0v) is 13.6. The minimum absolute atomic E-state index is 0.550. The number of H-pyrrole nitrogens is 1. The number of rotatable bonds is 6. The van der Waals surface area contributed by atoms with Crippen molar-refractivity contribution in [3.63, 3.8) is 0 Å². The van der Waals surface area contributed by atoms with E-state index in [-0.39, 0.29) is 0 Å². The summed E-state index contributed by atoms with van der Waals surface area (Å²) in [6.45, 7) is 0. The SMILES string of the molecule is O=C(C=Cc1ccc(Cc2ncc(Cc3ccccc3)[nH]2)cc1)NO. The van der Waals surface area contributed by atoms with Crippen LogP contribution in [-0.4, -0.2) is 21.1 Å². The van der Waals surface area contributed by atoms with Gasteiger partial charge >= 0.3 is 0 Å². The zero-order chi connectivity index (χ0) is 17.5. The molecule has 0 unspecified atom stereocenters. The van der Waals surface area contributed by atoms with Gasteiger partial charge in [0.25, 0.3) is 5.91 Å². The van der Waals surface area contributed by atoms with Gasteiger partial charge in [0.05, 0.1) is 0 Å². The summed E-state index contributed by atoms with van der Waals surface area (Å²) in [6.07, 6.45) is 6.35. The lowest BCUT2D eigenvalue weighted by molar-refractivity contribution is -0.124. The van der Waals surface area contributed by atoms with Crippen molar-refractivity contribution in [3.05, 3.63) is 95.1 Å². The second kappa shape index (κ2) is 8.08. The van der Waals surface area contributed by atoms with E-state index in [1.165, 1.54) is 11.6 Å². The van der Waals surface area contributed by atoms with E-state index < -0.39 is 5.91 Å². The van der Waals surface area contributed by atoms with Crippen LogP contribution in [-0.2, 0) is 17.6 Å². The molecule has 1 amide bonds. The van der Waals surface area contributed by atoms with Crippen LogP contribution in [0.4, 0.5) is 0 Å². The molecule has 1 heterocycles. The second-order valence-electron chi connectivity index (χ2n) is 5.75. The fourth-order valence-corrected chi connectivity index (χ4v) is 2.55. The molecule has 5 nitrogen and oxygen atoms in total. The van der Waals surface area contributed by atoms with E-state index in [0.717, 1.165) is 35.5 Å². The molecule has 0 spiro atoms. The predicted octanol–water partition coefficient (Wildman–Crippen LogP) is 3.11. The topological polar surface area (TPSA) is 78.0 Å². The fourth-order valence-electron chi connectivity index (χ4n) is 2.55. The maximum atomic E-state index is 11.0. The van der Waals surface area contributed by atoms with Crippen LogP contribution in [0.25, 0.3) is 6.08 Å². The first-order valence-electron chi connectivity index (χ1n) is 8.01. The highest BCUT2D eigenvalue weighted by Crippen LogP contribution is 2.12. The van der Waals surface area contributed by atoms with Gasteiger partial charge in [-0.1, -0.05) is 54.6 Å². The van der Waals surface area contributed by atoms with Crippen molar-refractivity contribution in [2.75, 3.05) is 0 Å². The Morgan fingerprint density at radius 1 is 1.04 bits per heavy atom.